The van der Waals surface area contributed by atoms with E-state index in [-0.39, 0.29) is 0 Å². The molecular formula is C5H12NO2PS. The summed E-state index contributed by atoms with van der Waals surface area (Å²) in [6, 6.07) is 0. The number of hydrogen-bond acceptors (Lipinski definition) is 3. The van der Waals surface area contributed by atoms with Gasteiger partial charge in [0.05, 0.1) is 0 Å². The Labute approximate surface area is 65.0 Å². The van der Waals surface area contributed by atoms with Gasteiger partial charge in [-0.25, -0.2) is 0 Å². The largest absolute Gasteiger partial charge is 0.343 e. The van der Waals surface area contributed by atoms with Gasteiger partial charge in [0.25, 0.3) is 0 Å². The Morgan fingerprint density at radius 2 is 2.40 bits per heavy atom. The summed E-state index contributed by atoms with van der Waals surface area (Å²) in [4.78, 5) is 9.25. The lowest BCUT2D eigenvalue weighted by molar-refractivity contribution is 0.455. The van der Waals surface area contributed by atoms with Gasteiger partial charge in [-0.05, 0) is 6.92 Å². The van der Waals surface area contributed by atoms with E-state index in [9.17, 15) is 9.46 Å². The molecule has 1 aliphatic heterocycles. The quantitative estimate of drug-likeness (QED) is 0.590. The van der Waals surface area contributed by atoms with Gasteiger partial charge in [0.2, 0.25) is 7.37 Å². The first-order valence-electron chi connectivity index (χ1n) is 3.15. The molecule has 1 fully saturated rings. The second kappa shape index (κ2) is 2.52. The SMILES string of the molecule is CC1(P(C)(=O)O)NCCS1. The minimum Gasteiger partial charge on any atom is -0.343 e. The van der Waals surface area contributed by atoms with E-state index in [1.165, 1.54) is 18.4 Å². The molecule has 0 aromatic rings. The van der Waals surface area contributed by atoms with Gasteiger partial charge in [0.15, 0.2) is 0 Å². The lowest BCUT2D eigenvalue weighted by Crippen LogP contribution is -2.32. The van der Waals surface area contributed by atoms with Crippen LogP contribution in [0.1, 0.15) is 6.92 Å². The zero-order valence-electron chi connectivity index (χ0n) is 6.13. The van der Waals surface area contributed by atoms with Gasteiger partial charge in [-0.1, -0.05) is 0 Å². The van der Waals surface area contributed by atoms with E-state index in [2.05, 4.69) is 5.32 Å². The van der Waals surface area contributed by atoms with Crippen LogP contribution in [-0.4, -0.2) is 28.5 Å². The molecule has 1 aliphatic rings. The molecule has 2 unspecified atom stereocenters. The van der Waals surface area contributed by atoms with Gasteiger partial charge < -0.3 is 4.89 Å². The van der Waals surface area contributed by atoms with E-state index >= 15 is 0 Å². The van der Waals surface area contributed by atoms with Crippen molar-refractivity contribution >= 4 is 19.1 Å². The van der Waals surface area contributed by atoms with E-state index in [1.54, 1.807) is 6.92 Å². The highest BCUT2D eigenvalue weighted by atomic mass is 32.2. The summed E-state index contributed by atoms with van der Waals surface area (Å²) in [6.45, 7) is 4.02. The molecule has 5 heteroatoms. The molecule has 2 N–H and O–H groups in total. The molecule has 60 valence electrons. The van der Waals surface area contributed by atoms with Crippen LogP contribution < -0.4 is 5.32 Å². The summed E-state index contributed by atoms with van der Waals surface area (Å²) >= 11 is 1.53. The van der Waals surface area contributed by atoms with Crippen molar-refractivity contribution in [1.82, 2.24) is 5.32 Å². The Kier molecular flexibility index (Phi) is 2.17. The molecule has 2 atom stereocenters. The van der Waals surface area contributed by atoms with E-state index in [1.807, 2.05) is 0 Å². The standard InChI is InChI=1S/C5H12NO2PS/c1-5(9(2,7)8)6-3-4-10-5/h6H,3-4H2,1-2H3,(H,7,8). The molecule has 10 heavy (non-hydrogen) atoms. The van der Waals surface area contributed by atoms with Crippen molar-refractivity contribution in [3.63, 3.8) is 0 Å². The average molecular weight is 181 g/mol. The zero-order chi connectivity index (χ0) is 7.83. The molecule has 0 aromatic carbocycles. The molecule has 0 saturated carbocycles. The van der Waals surface area contributed by atoms with Crippen LogP contribution in [0.3, 0.4) is 0 Å². The maximum atomic E-state index is 11.2. The van der Waals surface area contributed by atoms with Crippen molar-refractivity contribution in [2.24, 2.45) is 0 Å². The molecular weight excluding hydrogens is 169 g/mol. The maximum Gasteiger partial charge on any atom is 0.226 e. The molecule has 0 radical (unpaired) electrons. The summed E-state index contributed by atoms with van der Waals surface area (Å²) < 4.78 is 10.6. The second-order valence-corrected chi connectivity index (χ2v) is 7.11. The molecule has 0 aromatic heterocycles. The molecule has 3 nitrogen and oxygen atoms in total. The summed E-state index contributed by atoms with van der Waals surface area (Å²) in [5.74, 6) is 0.925. The van der Waals surface area contributed by atoms with Crippen molar-refractivity contribution in [3.8, 4) is 0 Å². The fourth-order valence-corrected chi connectivity index (χ4v) is 3.29. The van der Waals surface area contributed by atoms with Crippen LogP contribution in [0.2, 0.25) is 0 Å². The van der Waals surface area contributed by atoms with Crippen LogP contribution in [0.25, 0.3) is 0 Å². The van der Waals surface area contributed by atoms with Crippen LogP contribution in [0.5, 0.6) is 0 Å². The van der Waals surface area contributed by atoms with Crippen LogP contribution in [0, 0.1) is 0 Å². The third kappa shape index (κ3) is 1.40. The molecule has 0 bridgehead atoms. The van der Waals surface area contributed by atoms with Gasteiger partial charge in [0, 0.05) is 19.0 Å². The number of thioether (sulfide) groups is 1. The van der Waals surface area contributed by atoms with Gasteiger partial charge in [-0.3, -0.25) is 9.88 Å². The smallest absolute Gasteiger partial charge is 0.226 e. The van der Waals surface area contributed by atoms with Crippen LogP contribution in [0.4, 0.5) is 0 Å². The fraction of sp³-hybridized carbons (Fsp3) is 1.00. The van der Waals surface area contributed by atoms with E-state index in [0.717, 1.165) is 12.3 Å². The topological polar surface area (TPSA) is 49.3 Å². The van der Waals surface area contributed by atoms with E-state index < -0.39 is 12.0 Å². The molecule has 0 amide bonds. The minimum atomic E-state index is -2.97. The van der Waals surface area contributed by atoms with Crippen molar-refractivity contribution in [1.29, 1.82) is 0 Å². The van der Waals surface area contributed by atoms with Gasteiger partial charge in [-0.2, -0.15) is 0 Å². The Morgan fingerprint density at radius 3 is 2.60 bits per heavy atom. The molecule has 1 heterocycles. The third-order valence-electron chi connectivity index (χ3n) is 1.73. The molecule has 0 spiro atoms. The highest BCUT2D eigenvalue weighted by Gasteiger charge is 2.42. The predicted octanol–water partition coefficient (Wildman–Crippen LogP) is 0.897. The lowest BCUT2D eigenvalue weighted by Gasteiger charge is -2.25. The van der Waals surface area contributed by atoms with Crippen molar-refractivity contribution in [2.75, 3.05) is 19.0 Å². The van der Waals surface area contributed by atoms with Crippen LogP contribution >= 0.6 is 19.1 Å². The Balaban J connectivity index is 2.78. The molecule has 1 rings (SSSR count). The first-order valence-corrected chi connectivity index (χ1v) is 6.24. The van der Waals surface area contributed by atoms with Crippen molar-refractivity contribution in [3.05, 3.63) is 0 Å². The monoisotopic (exact) mass is 181 g/mol. The number of hydrogen-bond donors (Lipinski definition) is 2. The summed E-state index contributed by atoms with van der Waals surface area (Å²) in [6.07, 6.45) is 0. The maximum absolute atomic E-state index is 11.2. The normalized spacial score (nSPS) is 39.5. The average Bonchev–Trinajstić information content (AvgIpc) is 2.13. The second-order valence-electron chi connectivity index (χ2n) is 2.64. The van der Waals surface area contributed by atoms with E-state index in [0.29, 0.717) is 0 Å². The minimum absolute atomic E-state index is 0.590. The van der Waals surface area contributed by atoms with Gasteiger partial charge in [0.1, 0.15) is 4.61 Å². The lowest BCUT2D eigenvalue weighted by atomic mass is 10.7. The fourth-order valence-electron chi connectivity index (χ4n) is 0.850. The van der Waals surface area contributed by atoms with Crippen molar-refractivity contribution in [2.45, 2.75) is 11.5 Å². The van der Waals surface area contributed by atoms with Gasteiger partial charge in [-0.15, -0.1) is 11.8 Å². The summed E-state index contributed by atoms with van der Waals surface area (Å²) in [5, 5.41) is 3.02. The first-order chi connectivity index (χ1) is 4.46. The molecule has 0 aliphatic carbocycles. The molecule has 1 saturated heterocycles. The van der Waals surface area contributed by atoms with E-state index in [4.69, 9.17) is 0 Å². The Morgan fingerprint density at radius 1 is 1.80 bits per heavy atom. The zero-order valence-corrected chi connectivity index (χ0v) is 7.84. The van der Waals surface area contributed by atoms with Crippen LogP contribution in [-0.2, 0) is 4.57 Å². The first kappa shape index (κ1) is 8.60. The predicted molar refractivity (Wildman–Crippen MR) is 44.6 cm³/mol. The van der Waals surface area contributed by atoms with Crippen LogP contribution in [0.15, 0.2) is 0 Å². The summed E-state index contributed by atoms with van der Waals surface area (Å²) in [7, 11) is -2.97. The third-order valence-corrected chi connectivity index (χ3v) is 5.99. The summed E-state index contributed by atoms with van der Waals surface area (Å²) in [5.41, 5.74) is 0. The van der Waals surface area contributed by atoms with Crippen molar-refractivity contribution < 1.29 is 9.46 Å². The highest BCUT2D eigenvalue weighted by Crippen LogP contribution is 2.56. The number of rotatable bonds is 1. The van der Waals surface area contributed by atoms with Gasteiger partial charge >= 0.3 is 0 Å². The Bertz CT molecular complexity index is 172. The Hall–Kier alpha value is 0.500. The number of nitrogens with one attached hydrogen (secondary N) is 1. The highest BCUT2D eigenvalue weighted by molar-refractivity contribution is 8.07.